The Hall–Kier alpha value is -1.92. The van der Waals surface area contributed by atoms with Gasteiger partial charge in [0, 0.05) is 4.47 Å². The molecule has 0 saturated carbocycles. The van der Waals surface area contributed by atoms with Gasteiger partial charge in [0.1, 0.15) is 5.82 Å². The first-order valence-electron chi connectivity index (χ1n) is 6.13. The van der Waals surface area contributed by atoms with Gasteiger partial charge in [-0.2, -0.15) is 0 Å². The molecule has 4 nitrogen and oxygen atoms in total. The van der Waals surface area contributed by atoms with Crippen molar-refractivity contribution in [3.63, 3.8) is 0 Å². The molecule has 0 spiro atoms. The molecule has 1 N–H and O–H groups in total. The van der Waals surface area contributed by atoms with Gasteiger partial charge in [-0.05, 0) is 36.4 Å². The number of ether oxygens (including phenoxy) is 1. The van der Waals surface area contributed by atoms with Crippen LogP contribution in [0.2, 0.25) is 5.02 Å². The Morgan fingerprint density at radius 2 is 2.00 bits per heavy atom. The molecule has 0 aliphatic heterocycles. The van der Waals surface area contributed by atoms with Gasteiger partial charge in [-0.15, -0.1) is 0 Å². The zero-order chi connectivity index (χ0) is 16.1. The summed E-state index contributed by atoms with van der Waals surface area (Å²) in [5.74, 6) is -1.71. The van der Waals surface area contributed by atoms with Crippen LogP contribution in [0.15, 0.2) is 46.9 Å². The van der Waals surface area contributed by atoms with Crippen LogP contribution >= 0.6 is 27.5 Å². The third-order valence-corrected chi connectivity index (χ3v) is 3.41. The van der Waals surface area contributed by atoms with Crippen molar-refractivity contribution in [2.24, 2.45) is 0 Å². The Balaban J connectivity index is 1.91. The second-order valence-electron chi connectivity index (χ2n) is 4.26. The molecule has 0 fully saturated rings. The van der Waals surface area contributed by atoms with Crippen molar-refractivity contribution in [1.29, 1.82) is 0 Å². The predicted octanol–water partition coefficient (Wildman–Crippen LogP) is 4.04. The minimum absolute atomic E-state index is 0.0617. The summed E-state index contributed by atoms with van der Waals surface area (Å²) in [5, 5.41) is 2.49. The van der Waals surface area contributed by atoms with E-state index in [9.17, 15) is 14.0 Å². The maximum atomic E-state index is 12.9. The van der Waals surface area contributed by atoms with E-state index >= 15 is 0 Å². The lowest BCUT2D eigenvalue weighted by atomic mass is 10.2. The second kappa shape index (κ2) is 7.38. The number of esters is 1. The van der Waals surface area contributed by atoms with E-state index in [1.807, 2.05) is 0 Å². The monoisotopic (exact) mass is 385 g/mol. The normalized spacial score (nSPS) is 10.1. The van der Waals surface area contributed by atoms with Crippen molar-refractivity contribution in [2.45, 2.75) is 0 Å². The van der Waals surface area contributed by atoms with Gasteiger partial charge in [-0.25, -0.2) is 9.18 Å². The molecule has 0 saturated heterocycles. The summed E-state index contributed by atoms with van der Waals surface area (Å²) >= 11 is 9.02. The average molecular weight is 387 g/mol. The van der Waals surface area contributed by atoms with Gasteiger partial charge in [-0.3, -0.25) is 4.79 Å². The number of anilines is 1. The minimum atomic E-state index is -0.623. The van der Waals surface area contributed by atoms with Crippen molar-refractivity contribution in [3.8, 4) is 0 Å². The lowest BCUT2D eigenvalue weighted by Gasteiger charge is -2.08. The number of benzene rings is 2. The highest BCUT2D eigenvalue weighted by Gasteiger charge is 2.12. The summed E-state index contributed by atoms with van der Waals surface area (Å²) in [5.41, 5.74) is 0.563. The molecule has 0 aromatic heterocycles. The fourth-order valence-corrected chi connectivity index (χ4v) is 2.22. The Bertz CT molecular complexity index is 724. The quantitative estimate of drug-likeness (QED) is 0.807. The highest BCUT2D eigenvalue weighted by atomic mass is 79.9. The van der Waals surface area contributed by atoms with Gasteiger partial charge in [0.05, 0.1) is 16.3 Å². The van der Waals surface area contributed by atoms with Crippen LogP contribution < -0.4 is 5.32 Å². The summed E-state index contributed by atoms with van der Waals surface area (Å²) in [6.07, 6.45) is 0. The molecular weight excluding hydrogens is 377 g/mol. The first-order chi connectivity index (χ1) is 10.5. The second-order valence-corrected chi connectivity index (χ2v) is 5.58. The van der Waals surface area contributed by atoms with Crippen molar-refractivity contribution < 1.29 is 18.7 Å². The van der Waals surface area contributed by atoms with Crippen LogP contribution in [-0.2, 0) is 9.53 Å². The molecule has 7 heteroatoms. The SMILES string of the molecule is O=C(COC(=O)c1cccc(Br)c1)Nc1ccc(F)cc1Cl. The summed E-state index contributed by atoms with van der Waals surface area (Å²) in [7, 11) is 0. The maximum absolute atomic E-state index is 12.9. The van der Waals surface area contributed by atoms with Crippen LogP contribution in [0.4, 0.5) is 10.1 Å². The average Bonchev–Trinajstić information content (AvgIpc) is 2.47. The fraction of sp³-hybridized carbons (Fsp3) is 0.0667. The summed E-state index contributed by atoms with van der Waals surface area (Å²) in [6.45, 7) is -0.473. The third-order valence-electron chi connectivity index (χ3n) is 2.60. The first-order valence-corrected chi connectivity index (χ1v) is 7.30. The fourth-order valence-electron chi connectivity index (χ4n) is 1.61. The topological polar surface area (TPSA) is 55.4 Å². The number of halogens is 3. The first kappa shape index (κ1) is 16.5. The molecule has 2 rings (SSSR count). The van der Waals surface area contributed by atoms with Crippen molar-refractivity contribution in [3.05, 3.63) is 63.3 Å². The molecule has 2 aromatic rings. The third kappa shape index (κ3) is 4.54. The zero-order valence-corrected chi connectivity index (χ0v) is 13.4. The molecule has 0 atom stereocenters. The van der Waals surface area contributed by atoms with Gasteiger partial charge in [0.25, 0.3) is 5.91 Å². The van der Waals surface area contributed by atoms with Gasteiger partial charge in [0.15, 0.2) is 6.61 Å². The van der Waals surface area contributed by atoms with E-state index in [4.69, 9.17) is 16.3 Å². The molecule has 0 aliphatic rings. The van der Waals surface area contributed by atoms with Gasteiger partial charge in [0.2, 0.25) is 0 Å². The largest absolute Gasteiger partial charge is 0.452 e. The molecule has 114 valence electrons. The molecule has 22 heavy (non-hydrogen) atoms. The number of amides is 1. The maximum Gasteiger partial charge on any atom is 0.338 e. The van der Waals surface area contributed by atoms with E-state index in [0.717, 1.165) is 16.6 Å². The van der Waals surface area contributed by atoms with Crippen molar-refractivity contribution >= 4 is 45.1 Å². The van der Waals surface area contributed by atoms with E-state index in [1.54, 1.807) is 24.3 Å². The number of nitrogens with one attached hydrogen (secondary N) is 1. The lowest BCUT2D eigenvalue weighted by Crippen LogP contribution is -2.21. The molecule has 1 amide bonds. The Morgan fingerprint density at radius 3 is 2.68 bits per heavy atom. The smallest absolute Gasteiger partial charge is 0.338 e. The van der Waals surface area contributed by atoms with E-state index < -0.39 is 24.3 Å². The molecule has 0 radical (unpaired) electrons. The number of hydrogen-bond donors (Lipinski definition) is 1. The standard InChI is InChI=1S/C15H10BrClFNO3/c16-10-3-1-2-9(6-10)15(21)22-8-14(20)19-13-5-4-11(18)7-12(13)17/h1-7H,8H2,(H,19,20). The van der Waals surface area contributed by atoms with E-state index in [1.165, 1.54) is 6.07 Å². The van der Waals surface area contributed by atoms with Gasteiger partial charge < -0.3 is 10.1 Å². The Labute approximate surface area is 139 Å². The van der Waals surface area contributed by atoms with E-state index in [2.05, 4.69) is 21.2 Å². The van der Waals surface area contributed by atoms with Crippen molar-refractivity contribution in [1.82, 2.24) is 0 Å². The molecule has 0 aliphatic carbocycles. The predicted molar refractivity (Wildman–Crippen MR) is 84.5 cm³/mol. The summed E-state index contributed by atoms with van der Waals surface area (Å²) < 4.78 is 18.5. The summed E-state index contributed by atoms with van der Waals surface area (Å²) in [4.78, 5) is 23.5. The van der Waals surface area contributed by atoms with Crippen molar-refractivity contribution in [2.75, 3.05) is 11.9 Å². The molecular formula is C15H10BrClFNO3. The van der Waals surface area contributed by atoms with Crippen LogP contribution in [0.25, 0.3) is 0 Å². The zero-order valence-electron chi connectivity index (χ0n) is 11.1. The van der Waals surface area contributed by atoms with E-state index in [0.29, 0.717) is 5.56 Å². The number of hydrogen-bond acceptors (Lipinski definition) is 3. The molecule has 0 unspecified atom stereocenters. The van der Waals surface area contributed by atoms with Crippen LogP contribution in [0.3, 0.4) is 0 Å². The van der Waals surface area contributed by atoms with Crippen LogP contribution in [0, 0.1) is 5.82 Å². The minimum Gasteiger partial charge on any atom is -0.452 e. The number of carbonyl (C=O) groups excluding carboxylic acids is 2. The highest BCUT2D eigenvalue weighted by Crippen LogP contribution is 2.22. The van der Waals surface area contributed by atoms with Gasteiger partial charge >= 0.3 is 5.97 Å². The Morgan fingerprint density at radius 1 is 1.23 bits per heavy atom. The van der Waals surface area contributed by atoms with Gasteiger partial charge in [-0.1, -0.05) is 33.6 Å². The Kier molecular flexibility index (Phi) is 5.51. The number of carbonyl (C=O) groups is 2. The van der Waals surface area contributed by atoms with E-state index in [-0.39, 0.29) is 10.7 Å². The molecule has 0 bridgehead atoms. The molecule has 0 heterocycles. The molecule has 2 aromatic carbocycles. The lowest BCUT2D eigenvalue weighted by molar-refractivity contribution is -0.119. The van der Waals surface area contributed by atoms with Crippen LogP contribution in [0.5, 0.6) is 0 Å². The number of rotatable bonds is 4. The van der Waals surface area contributed by atoms with Crippen LogP contribution in [-0.4, -0.2) is 18.5 Å². The highest BCUT2D eigenvalue weighted by molar-refractivity contribution is 9.10. The summed E-state index contributed by atoms with van der Waals surface area (Å²) in [6, 6.07) is 10.2. The van der Waals surface area contributed by atoms with Crippen LogP contribution in [0.1, 0.15) is 10.4 Å².